The smallest absolute Gasteiger partial charge is 0.353 e. The highest BCUT2D eigenvalue weighted by Crippen LogP contribution is 2.45. The lowest BCUT2D eigenvalue weighted by Crippen LogP contribution is -2.71. The number of nitrogens with one attached hydrogen (secondary N) is 1. The van der Waals surface area contributed by atoms with Gasteiger partial charge >= 0.3 is 5.97 Å². The van der Waals surface area contributed by atoms with E-state index >= 15 is 0 Å². The van der Waals surface area contributed by atoms with Gasteiger partial charge in [0.1, 0.15) is 22.6 Å². The van der Waals surface area contributed by atoms with Gasteiger partial charge in [-0.25, -0.2) is 4.79 Å². The number of carbonyl (C=O) groups excluding carboxylic acids is 2. The van der Waals surface area contributed by atoms with E-state index in [4.69, 9.17) is 10.9 Å². The molecular weight excluding hydrogens is 476 g/mol. The third kappa shape index (κ3) is 3.59. The normalized spacial score (nSPS) is 21.3. The molecule has 1 saturated heterocycles. The topological polar surface area (TPSA) is 197 Å². The van der Waals surface area contributed by atoms with E-state index in [0.29, 0.717) is 15.0 Å². The quantitative estimate of drug-likeness (QED) is 0.179. The fourth-order valence-corrected chi connectivity index (χ4v) is 6.27. The van der Waals surface area contributed by atoms with E-state index < -0.39 is 34.9 Å². The van der Waals surface area contributed by atoms with E-state index in [0.717, 1.165) is 28.2 Å². The Labute approximate surface area is 183 Å². The van der Waals surface area contributed by atoms with Crippen LogP contribution in [0.3, 0.4) is 0 Å². The summed E-state index contributed by atoms with van der Waals surface area (Å²) in [4.78, 5) is 42.3. The molecule has 2 aliphatic rings. The Morgan fingerprint density at radius 3 is 2.83 bits per heavy atom. The molecule has 0 aromatic carbocycles. The van der Waals surface area contributed by atoms with Crippen molar-refractivity contribution in [2.24, 2.45) is 5.16 Å². The van der Waals surface area contributed by atoms with Crippen molar-refractivity contribution in [1.29, 1.82) is 0 Å². The number of thioether (sulfide) groups is 2. The maximum absolute atomic E-state index is 12.7. The van der Waals surface area contributed by atoms with Crippen molar-refractivity contribution in [2.45, 2.75) is 15.8 Å². The second kappa shape index (κ2) is 8.17. The molecule has 0 saturated carbocycles. The van der Waals surface area contributed by atoms with Crippen LogP contribution in [-0.4, -0.2) is 75.4 Å². The van der Waals surface area contributed by atoms with Crippen molar-refractivity contribution in [2.75, 3.05) is 11.5 Å². The lowest BCUT2D eigenvalue weighted by molar-refractivity contribution is -0.150. The molecule has 4 heterocycles. The molecule has 0 radical (unpaired) electrons. The highest BCUT2D eigenvalue weighted by molar-refractivity contribution is 8.07. The van der Waals surface area contributed by atoms with Gasteiger partial charge in [0.2, 0.25) is 11.5 Å². The van der Waals surface area contributed by atoms with Crippen LogP contribution in [0, 0.1) is 0 Å². The fraction of sp³-hybridized carbons (Fsp3) is 0.231. The summed E-state index contributed by atoms with van der Waals surface area (Å²) in [6.07, 6.45) is 0. The summed E-state index contributed by atoms with van der Waals surface area (Å²) in [5.74, 6) is -2.62. The molecule has 1 unspecified atom stereocenters. The summed E-state index contributed by atoms with van der Waals surface area (Å²) < 4.78 is 4.35. The van der Waals surface area contributed by atoms with Gasteiger partial charge in [0.25, 0.3) is 11.8 Å². The summed E-state index contributed by atoms with van der Waals surface area (Å²) in [5, 5.41) is 31.2. The number of nitrogens with two attached hydrogens (primary N) is 1. The molecule has 1 fully saturated rings. The number of nitrogen functional groups attached to an aromatic ring is 1. The predicted molar refractivity (Wildman–Crippen MR) is 108 cm³/mol. The number of β-lactam (4-membered cyclic amide) rings is 1. The van der Waals surface area contributed by atoms with Crippen molar-refractivity contribution >= 4 is 75.0 Å². The predicted octanol–water partition coefficient (Wildman–Crippen LogP) is -0.361. The zero-order chi connectivity index (χ0) is 21.4. The Hall–Kier alpha value is -2.76. The maximum atomic E-state index is 12.7. The minimum atomic E-state index is -1.26. The minimum Gasteiger partial charge on any atom is -0.477 e. The first kappa shape index (κ1) is 20.5. The Morgan fingerprint density at radius 2 is 2.23 bits per heavy atom. The Balaban J connectivity index is 1.52. The first-order chi connectivity index (χ1) is 14.4. The van der Waals surface area contributed by atoms with Gasteiger partial charge in [-0.1, -0.05) is 28.3 Å². The zero-order valence-electron chi connectivity index (χ0n) is 14.5. The molecule has 2 atom stereocenters. The highest BCUT2D eigenvalue weighted by atomic mass is 32.2. The number of aromatic nitrogens is 4. The Bertz CT molecular complexity index is 1080. The van der Waals surface area contributed by atoms with Crippen LogP contribution < -0.4 is 11.1 Å². The molecule has 2 aromatic heterocycles. The Morgan fingerprint density at radius 1 is 1.43 bits per heavy atom. The van der Waals surface area contributed by atoms with Gasteiger partial charge in [-0.2, -0.15) is 9.36 Å². The van der Waals surface area contributed by atoms with Gasteiger partial charge in [0.05, 0.1) is 0 Å². The fourth-order valence-electron chi connectivity index (χ4n) is 2.71. The van der Waals surface area contributed by atoms with Crippen LogP contribution >= 0.6 is 46.4 Å². The number of aliphatic carboxylic acids is 1. The third-order valence-corrected chi connectivity index (χ3v) is 7.81. The van der Waals surface area contributed by atoms with E-state index in [1.807, 2.05) is 0 Å². The number of hydrogen-bond acceptors (Lipinski definition) is 14. The van der Waals surface area contributed by atoms with Crippen molar-refractivity contribution in [3.63, 3.8) is 0 Å². The molecule has 4 rings (SSSR count). The second-order valence-electron chi connectivity index (χ2n) is 5.65. The second-order valence-corrected chi connectivity index (χ2v) is 9.71. The van der Waals surface area contributed by atoms with Crippen LogP contribution in [0.5, 0.6) is 0 Å². The number of rotatable bonds is 6. The van der Waals surface area contributed by atoms with Gasteiger partial charge < -0.3 is 21.4 Å². The number of amides is 2. The van der Waals surface area contributed by atoms with Crippen molar-refractivity contribution in [3.8, 4) is 0 Å². The van der Waals surface area contributed by atoms with Crippen LogP contribution in [0.25, 0.3) is 0 Å². The van der Waals surface area contributed by atoms with Crippen LogP contribution in [0.2, 0.25) is 0 Å². The van der Waals surface area contributed by atoms with Gasteiger partial charge in [-0.05, 0) is 0 Å². The molecule has 2 amide bonds. The van der Waals surface area contributed by atoms with E-state index in [1.165, 1.54) is 28.6 Å². The SMILES string of the molecule is Nc1nc(C(=NO)C(=O)N[C@@H]2C(=O)N3C(C(=O)O)=C(Sc4nncs4)CSC23)ns1. The maximum Gasteiger partial charge on any atom is 0.353 e. The van der Waals surface area contributed by atoms with Crippen LogP contribution in [-0.2, 0) is 14.4 Å². The molecule has 0 spiro atoms. The van der Waals surface area contributed by atoms with Crippen LogP contribution in [0.1, 0.15) is 5.82 Å². The molecule has 2 aromatic rings. The highest BCUT2D eigenvalue weighted by Gasteiger charge is 2.54. The monoisotopic (exact) mass is 486 g/mol. The summed E-state index contributed by atoms with van der Waals surface area (Å²) in [7, 11) is 0. The van der Waals surface area contributed by atoms with E-state index in [1.54, 1.807) is 0 Å². The number of oxime groups is 1. The third-order valence-electron chi connectivity index (χ3n) is 3.94. The van der Waals surface area contributed by atoms with Gasteiger partial charge in [0, 0.05) is 22.2 Å². The number of anilines is 1. The lowest BCUT2D eigenvalue weighted by Gasteiger charge is -2.49. The molecule has 0 aliphatic carbocycles. The molecule has 17 heteroatoms. The van der Waals surface area contributed by atoms with E-state index in [-0.39, 0.29) is 16.7 Å². The average molecular weight is 487 g/mol. The standard InChI is InChI=1S/C13H10N8O5S4/c14-12-17-7(20-30-12)4(19-26)8(22)16-5-9(23)21-6(11(24)25)3(1-27-10(5)21)29-13-18-15-2-28-13/h2,5,10,26H,1H2,(H,16,22)(H,24,25)(H2,14,17,20)/t5-,10?/m1/s1. The number of fused-ring (bicyclic) bond motifs is 1. The number of carboxylic acid groups (broad SMARTS) is 1. The Kier molecular flexibility index (Phi) is 5.58. The van der Waals surface area contributed by atoms with Crippen molar-refractivity contribution < 1.29 is 24.7 Å². The molecule has 156 valence electrons. The van der Waals surface area contributed by atoms with E-state index in [9.17, 15) is 19.5 Å². The number of nitrogens with zero attached hydrogens (tertiary/aromatic N) is 6. The molecule has 2 aliphatic heterocycles. The lowest BCUT2D eigenvalue weighted by atomic mass is 10.0. The first-order valence-corrected chi connectivity index (χ1v) is 11.4. The van der Waals surface area contributed by atoms with Crippen LogP contribution in [0.15, 0.2) is 25.6 Å². The molecular formula is C13H10N8O5S4. The van der Waals surface area contributed by atoms with E-state index in [2.05, 4.69) is 30.0 Å². The molecule has 0 bridgehead atoms. The average Bonchev–Trinajstić information content (AvgIpc) is 3.38. The van der Waals surface area contributed by atoms with Gasteiger partial charge in [-0.15, -0.1) is 22.0 Å². The summed E-state index contributed by atoms with van der Waals surface area (Å²) in [5.41, 5.74) is 6.33. The van der Waals surface area contributed by atoms with Gasteiger partial charge in [-0.3, -0.25) is 14.5 Å². The summed E-state index contributed by atoms with van der Waals surface area (Å²) in [6, 6.07) is -1.00. The van der Waals surface area contributed by atoms with Crippen molar-refractivity contribution in [1.82, 2.24) is 29.8 Å². The van der Waals surface area contributed by atoms with Crippen LogP contribution in [0.4, 0.5) is 5.13 Å². The molecule has 30 heavy (non-hydrogen) atoms. The number of carbonyl (C=O) groups is 3. The minimum absolute atomic E-state index is 0.0735. The zero-order valence-corrected chi connectivity index (χ0v) is 17.7. The van der Waals surface area contributed by atoms with Gasteiger partial charge in [0.15, 0.2) is 9.47 Å². The number of hydrogen-bond donors (Lipinski definition) is 4. The summed E-state index contributed by atoms with van der Waals surface area (Å²) in [6.45, 7) is 0. The first-order valence-electron chi connectivity index (χ1n) is 7.88. The largest absolute Gasteiger partial charge is 0.477 e. The summed E-state index contributed by atoms with van der Waals surface area (Å²) >= 11 is 4.49. The number of carboxylic acids is 1. The molecule has 5 N–H and O–H groups in total. The van der Waals surface area contributed by atoms with Crippen molar-refractivity contribution in [3.05, 3.63) is 21.9 Å². The molecule has 13 nitrogen and oxygen atoms in total.